The Hall–Kier alpha value is -3.81. The minimum Gasteiger partial charge on any atom is -0.493 e. The third-order valence-corrected chi connectivity index (χ3v) is 4.17. The van der Waals surface area contributed by atoms with E-state index in [2.05, 4.69) is 15.3 Å². The molecular weight excluding hydrogens is 387 g/mol. The zero-order valence-electron chi connectivity index (χ0n) is 16.8. The number of nitrogens with two attached hydrogens (primary N) is 1. The number of aromatic nitrogens is 1. The monoisotopic (exact) mass is 410 g/mol. The van der Waals surface area contributed by atoms with Gasteiger partial charge in [0, 0.05) is 24.9 Å². The number of ether oxygens (including phenoxy) is 3. The lowest BCUT2D eigenvalue weighted by Crippen LogP contribution is -2.31. The second kappa shape index (κ2) is 10.1. The normalized spacial score (nSPS) is 11.1. The van der Waals surface area contributed by atoms with E-state index >= 15 is 0 Å². The molecule has 30 heavy (non-hydrogen) atoms. The summed E-state index contributed by atoms with van der Waals surface area (Å²) in [4.78, 5) is 8.52. The number of halogens is 1. The van der Waals surface area contributed by atoms with Crippen LogP contribution in [0.4, 0.5) is 4.39 Å². The van der Waals surface area contributed by atoms with E-state index in [9.17, 15) is 4.39 Å². The first kappa shape index (κ1) is 20.9. The van der Waals surface area contributed by atoms with Crippen LogP contribution in [0, 0.1) is 5.82 Å². The van der Waals surface area contributed by atoms with Gasteiger partial charge in [-0.2, -0.15) is 0 Å². The number of hydrogen-bond donors (Lipinski definition) is 2. The molecule has 156 valence electrons. The van der Waals surface area contributed by atoms with Crippen LogP contribution in [0.25, 0.3) is 0 Å². The minimum atomic E-state index is -0.366. The Kier molecular flexibility index (Phi) is 7.05. The molecule has 1 aromatic heterocycles. The first-order valence-corrected chi connectivity index (χ1v) is 9.20. The summed E-state index contributed by atoms with van der Waals surface area (Å²) in [6, 6.07) is 15.0. The summed E-state index contributed by atoms with van der Waals surface area (Å²) in [7, 11) is 3.18. The maximum atomic E-state index is 13.2. The molecular formula is C22H23FN4O3. The van der Waals surface area contributed by atoms with Crippen LogP contribution in [-0.2, 0) is 13.1 Å². The molecule has 8 heteroatoms. The fraction of sp³-hybridized carbons (Fsp3) is 0.182. The van der Waals surface area contributed by atoms with Gasteiger partial charge in [-0.1, -0.05) is 18.2 Å². The number of benzene rings is 2. The van der Waals surface area contributed by atoms with Crippen LogP contribution in [0.5, 0.6) is 23.1 Å². The summed E-state index contributed by atoms with van der Waals surface area (Å²) in [5, 5.41) is 3.06. The highest BCUT2D eigenvalue weighted by Crippen LogP contribution is 2.27. The summed E-state index contributed by atoms with van der Waals surface area (Å²) in [6.45, 7) is 0.854. The number of rotatable bonds is 8. The van der Waals surface area contributed by atoms with Gasteiger partial charge in [0.25, 0.3) is 0 Å². The van der Waals surface area contributed by atoms with Crippen molar-refractivity contribution >= 4 is 5.96 Å². The van der Waals surface area contributed by atoms with Crippen LogP contribution >= 0.6 is 0 Å². The molecule has 0 bridgehead atoms. The highest BCUT2D eigenvalue weighted by Gasteiger charge is 2.05. The van der Waals surface area contributed by atoms with Crippen molar-refractivity contribution in [2.24, 2.45) is 10.7 Å². The minimum absolute atomic E-state index is 0.310. The summed E-state index contributed by atoms with van der Waals surface area (Å²) in [5.41, 5.74) is 7.78. The van der Waals surface area contributed by atoms with Gasteiger partial charge >= 0.3 is 0 Å². The quantitative estimate of drug-likeness (QED) is 0.435. The molecule has 0 amide bonds. The SMILES string of the molecule is COc1ccc(CNC(N)=NCc2ccc(Oc3cccc(F)c3)nc2)cc1OC. The predicted molar refractivity (Wildman–Crippen MR) is 112 cm³/mol. The third-order valence-electron chi connectivity index (χ3n) is 4.17. The van der Waals surface area contributed by atoms with Crippen molar-refractivity contribution in [3.05, 3.63) is 77.7 Å². The Morgan fingerprint density at radius 3 is 2.53 bits per heavy atom. The molecule has 0 radical (unpaired) electrons. The Bertz CT molecular complexity index is 1010. The van der Waals surface area contributed by atoms with Crippen LogP contribution < -0.4 is 25.3 Å². The van der Waals surface area contributed by atoms with Crippen molar-refractivity contribution in [1.29, 1.82) is 0 Å². The molecule has 3 rings (SSSR count). The Morgan fingerprint density at radius 1 is 1.03 bits per heavy atom. The second-order valence-electron chi connectivity index (χ2n) is 6.31. The molecule has 2 aromatic carbocycles. The third kappa shape index (κ3) is 5.84. The predicted octanol–water partition coefficient (Wildman–Crippen LogP) is 3.63. The fourth-order valence-electron chi connectivity index (χ4n) is 2.63. The van der Waals surface area contributed by atoms with Gasteiger partial charge in [-0.3, -0.25) is 0 Å². The van der Waals surface area contributed by atoms with E-state index in [1.165, 1.54) is 12.1 Å². The molecule has 0 spiro atoms. The van der Waals surface area contributed by atoms with Crippen LogP contribution in [0.15, 0.2) is 65.8 Å². The van der Waals surface area contributed by atoms with E-state index < -0.39 is 0 Å². The molecule has 0 aliphatic carbocycles. The van der Waals surface area contributed by atoms with Crippen molar-refractivity contribution in [2.75, 3.05) is 14.2 Å². The van der Waals surface area contributed by atoms with Crippen LogP contribution in [0.1, 0.15) is 11.1 Å². The highest BCUT2D eigenvalue weighted by molar-refractivity contribution is 5.77. The topological polar surface area (TPSA) is 91.0 Å². The first-order valence-electron chi connectivity index (χ1n) is 9.20. The molecule has 3 aromatic rings. The number of guanidine groups is 1. The summed E-state index contributed by atoms with van der Waals surface area (Å²) >= 11 is 0. The maximum Gasteiger partial charge on any atom is 0.219 e. The van der Waals surface area contributed by atoms with Gasteiger partial charge in [0.05, 0.1) is 20.8 Å². The van der Waals surface area contributed by atoms with E-state index in [0.717, 1.165) is 11.1 Å². The Balaban J connectivity index is 1.52. The van der Waals surface area contributed by atoms with Crippen LogP contribution in [0.2, 0.25) is 0 Å². The van der Waals surface area contributed by atoms with Crippen molar-refractivity contribution < 1.29 is 18.6 Å². The Labute approximate surface area is 174 Å². The zero-order chi connectivity index (χ0) is 21.3. The lowest BCUT2D eigenvalue weighted by molar-refractivity contribution is 0.354. The van der Waals surface area contributed by atoms with E-state index in [1.807, 2.05) is 24.3 Å². The lowest BCUT2D eigenvalue weighted by atomic mass is 10.2. The molecule has 0 saturated carbocycles. The standard InChI is InChI=1S/C22H23FN4O3/c1-28-19-8-6-15(10-20(19)29-2)12-26-22(24)27-14-16-7-9-21(25-13-16)30-18-5-3-4-17(23)11-18/h3-11,13H,12,14H2,1-2H3,(H3,24,26,27). The second-order valence-corrected chi connectivity index (χ2v) is 6.31. The molecule has 0 atom stereocenters. The van der Waals surface area contributed by atoms with Gasteiger partial charge in [0.1, 0.15) is 11.6 Å². The molecule has 0 aliphatic heterocycles. The fourth-order valence-corrected chi connectivity index (χ4v) is 2.63. The van der Waals surface area contributed by atoms with E-state index in [0.29, 0.717) is 42.2 Å². The Morgan fingerprint density at radius 2 is 1.83 bits per heavy atom. The largest absolute Gasteiger partial charge is 0.493 e. The highest BCUT2D eigenvalue weighted by atomic mass is 19.1. The van der Waals surface area contributed by atoms with Crippen molar-refractivity contribution in [1.82, 2.24) is 10.3 Å². The first-order chi connectivity index (χ1) is 14.6. The number of aliphatic imine (C=N–C) groups is 1. The van der Waals surface area contributed by atoms with E-state index in [-0.39, 0.29) is 5.82 Å². The van der Waals surface area contributed by atoms with Crippen molar-refractivity contribution in [2.45, 2.75) is 13.1 Å². The molecule has 1 heterocycles. The number of nitrogens with zero attached hydrogens (tertiary/aromatic N) is 2. The van der Waals surface area contributed by atoms with Gasteiger partial charge in [-0.25, -0.2) is 14.4 Å². The van der Waals surface area contributed by atoms with Gasteiger partial charge < -0.3 is 25.3 Å². The number of nitrogens with one attached hydrogen (secondary N) is 1. The van der Waals surface area contributed by atoms with Crippen LogP contribution in [0.3, 0.4) is 0 Å². The zero-order valence-corrected chi connectivity index (χ0v) is 16.8. The average Bonchev–Trinajstić information content (AvgIpc) is 2.77. The lowest BCUT2D eigenvalue weighted by Gasteiger charge is -2.10. The van der Waals surface area contributed by atoms with Crippen molar-refractivity contribution in [3.8, 4) is 23.1 Å². The van der Waals surface area contributed by atoms with E-state index in [1.54, 1.807) is 38.6 Å². The van der Waals surface area contributed by atoms with Gasteiger partial charge in [-0.05, 0) is 35.4 Å². The molecule has 0 unspecified atom stereocenters. The summed E-state index contributed by atoms with van der Waals surface area (Å²) in [5.74, 6) is 2.02. The van der Waals surface area contributed by atoms with E-state index in [4.69, 9.17) is 19.9 Å². The van der Waals surface area contributed by atoms with Gasteiger partial charge in [0.2, 0.25) is 5.88 Å². The molecule has 0 aliphatic rings. The van der Waals surface area contributed by atoms with Crippen molar-refractivity contribution in [3.63, 3.8) is 0 Å². The smallest absolute Gasteiger partial charge is 0.219 e. The molecule has 0 fully saturated rings. The number of hydrogen-bond acceptors (Lipinski definition) is 5. The average molecular weight is 410 g/mol. The number of methoxy groups -OCH3 is 2. The molecule has 3 N–H and O–H groups in total. The summed E-state index contributed by atoms with van der Waals surface area (Å²) in [6.07, 6.45) is 1.64. The van der Waals surface area contributed by atoms with Crippen LogP contribution in [-0.4, -0.2) is 25.2 Å². The number of pyridine rings is 1. The molecule has 0 saturated heterocycles. The van der Waals surface area contributed by atoms with Gasteiger partial charge in [0.15, 0.2) is 17.5 Å². The summed E-state index contributed by atoms with van der Waals surface area (Å²) < 4.78 is 29.2. The maximum absolute atomic E-state index is 13.2. The molecule has 7 nitrogen and oxygen atoms in total. The van der Waals surface area contributed by atoms with Gasteiger partial charge in [-0.15, -0.1) is 0 Å².